The van der Waals surface area contributed by atoms with Crippen LogP contribution < -0.4 is 0 Å². The van der Waals surface area contributed by atoms with Gasteiger partial charge in [-0.15, -0.1) is 0 Å². The van der Waals surface area contributed by atoms with E-state index in [1.165, 1.54) is 5.56 Å². The molecule has 3 nitrogen and oxygen atoms in total. The summed E-state index contributed by atoms with van der Waals surface area (Å²) >= 11 is 0. The Bertz CT molecular complexity index is 450. The molecule has 4 heteroatoms. The largest absolute Gasteiger partial charge is 0.214 e. The van der Waals surface area contributed by atoms with E-state index in [1.54, 1.807) is 4.31 Å². The third-order valence-electron chi connectivity index (χ3n) is 2.93. The zero-order valence-corrected chi connectivity index (χ0v) is 10.3. The zero-order chi connectivity index (χ0) is 11.6. The first kappa shape index (κ1) is 11.6. The standard InChI is InChI=1S/C12H17NO2S/c1-11-4-6-12(7-5-11)10-13-8-2-3-9-16(13,14)15/h4-7H,2-3,8-10H2,1H3. The summed E-state index contributed by atoms with van der Waals surface area (Å²) in [4.78, 5) is 0. The number of hydrogen-bond acceptors (Lipinski definition) is 2. The molecule has 0 bridgehead atoms. The van der Waals surface area contributed by atoms with E-state index in [9.17, 15) is 8.42 Å². The summed E-state index contributed by atoms with van der Waals surface area (Å²) in [5, 5.41) is 0. The van der Waals surface area contributed by atoms with Crippen molar-refractivity contribution < 1.29 is 8.42 Å². The molecule has 1 fully saturated rings. The molecule has 1 aliphatic rings. The van der Waals surface area contributed by atoms with E-state index in [2.05, 4.69) is 0 Å². The van der Waals surface area contributed by atoms with Gasteiger partial charge in [-0.05, 0) is 25.3 Å². The molecule has 0 amide bonds. The van der Waals surface area contributed by atoms with Gasteiger partial charge in [-0.25, -0.2) is 8.42 Å². The maximum absolute atomic E-state index is 11.8. The highest BCUT2D eigenvalue weighted by Gasteiger charge is 2.25. The van der Waals surface area contributed by atoms with Crippen LogP contribution >= 0.6 is 0 Å². The Balaban J connectivity index is 2.11. The first-order valence-corrected chi connectivity index (χ1v) is 7.22. The molecule has 1 aliphatic heterocycles. The van der Waals surface area contributed by atoms with E-state index in [0.717, 1.165) is 18.4 Å². The molecule has 0 saturated carbocycles. The van der Waals surface area contributed by atoms with Crippen LogP contribution in [0.15, 0.2) is 24.3 Å². The average molecular weight is 239 g/mol. The molecule has 0 spiro atoms. The number of nitrogens with zero attached hydrogens (tertiary/aromatic N) is 1. The van der Waals surface area contributed by atoms with Gasteiger partial charge in [-0.2, -0.15) is 4.31 Å². The summed E-state index contributed by atoms with van der Waals surface area (Å²) < 4.78 is 25.2. The van der Waals surface area contributed by atoms with Crippen LogP contribution in [0.1, 0.15) is 24.0 Å². The smallest absolute Gasteiger partial charge is 0.212 e. The van der Waals surface area contributed by atoms with Crippen molar-refractivity contribution in [3.8, 4) is 0 Å². The van der Waals surface area contributed by atoms with Crippen LogP contribution in [0.2, 0.25) is 0 Å². The fourth-order valence-electron chi connectivity index (χ4n) is 1.92. The Labute approximate surface area is 97.1 Å². The Morgan fingerprint density at radius 2 is 1.88 bits per heavy atom. The number of rotatable bonds is 2. The minimum atomic E-state index is -3.00. The molecule has 1 heterocycles. The molecular formula is C12H17NO2S. The number of sulfonamides is 1. The highest BCUT2D eigenvalue weighted by atomic mass is 32.2. The summed E-state index contributed by atoms with van der Waals surface area (Å²) in [6.07, 6.45) is 1.78. The van der Waals surface area contributed by atoms with Gasteiger partial charge in [0.25, 0.3) is 0 Å². The van der Waals surface area contributed by atoms with Crippen molar-refractivity contribution >= 4 is 10.0 Å². The van der Waals surface area contributed by atoms with Gasteiger partial charge in [0.15, 0.2) is 0 Å². The van der Waals surface area contributed by atoms with Crippen LogP contribution in [0.4, 0.5) is 0 Å². The fraction of sp³-hybridized carbons (Fsp3) is 0.500. The van der Waals surface area contributed by atoms with Crippen LogP contribution in [0.25, 0.3) is 0 Å². The van der Waals surface area contributed by atoms with Crippen molar-refractivity contribution in [1.82, 2.24) is 4.31 Å². The second kappa shape index (κ2) is 4.55. The van der Waals surface area contributed by atoms with Crippen molar-refractivity contribution in [2.24, 2.45) is 0 Å². The lowest BCUT2D eigenvalue weighted by Crippen LogP contribution is -2.37. The number of hydrogen-bond donors (Lipinski definition) is 0. The molecule has 2 rings (SSSR count). The van der Waals surface area contributed by atoms with E-state index in [4.69, 9.17) is 0 Å². The van der Waals surface area contributed by atoms with E-state index >= 15 is 0 Å². The van der Waals surface area contributed by atoms with Gasteiger partial charge in [0, 0.05) is 13.1 Å². The first-order valence-electron chi connectivity index (χ1n) is 5.61. The van der Waals surface area contributed by atoms with Crippen molar-refractivity contribution in [1.29, 1.82) is 0 Å². The van der Waals surface area contributed by atoms with Gasteiger partial charge in [0.05, 0.1) is 5.75 Å². The Morgan fingerprint density at radius 3 is 2.50 bits per heavy atom. The number of aryl methyl sites for hydroxylation is 1. The molecule has 1 aromatic rings. The zero-order valence-electron chi connectivity index (χ0n) is 9.52. The second-order valence-electron chi connectivity index (χ2n) is 4.34. The van der Waals surface area contributed by atoms with Crippen LogP contribution in [-0.2, 0) is 16.6 Å². The Morgan fingerprint density at radius 1 is 1.19 bits per heavy atom. The van der Waals surface area contributed by atoms with Crippen LogP contribution in [0.5, 0.6) is 0 Å². The predicted molar refractivity (Wildman–Crippen MR) is 64.6 cm³/mol. The minimum absolute atomic E-state index is 0.304. The van der Waals surface area contributed by atoms with E-state index < -0.39 is 10.0 Å². The summed E-state index contributed by atoms with van der Waals surface area (Å²) in [6.45, 7) is 3.21. The van der Waals surface area contributed by atoms with Gasteiger partial charge >= 0.3 is 0 Å². The lowest BCUT2D eigenvalue weighted by molar-refractivity contribution is 0.378. The van der Waals surface area contributed by atoms with E-state index in [1.807, 2.05) is 31.2 Å². The van der Waals surface area contributed by atoms with Crippen molar-refractivity contribution in [3.63, 3.8) is 0 Å². The minimum Gasteiger partial charge on any atom is -0.212 e. The molecule has 0 aromatic heterocycles. The first-order chi connectivity index (χ1) is 7.58. The molecular weight excluding hydrogens is 222 g/mol. The molecule has 0 radical (unpaired) electrons. The summed E-state index contributed by atoms with van der Waals surface area (Å²) in [5.41, 5.74) is 2.27. The van der Waals surface area contributed by atoms with E-state index in [-0.39, 0.29) is 0 Å². The third-order valence-corrected chi connectivity index (χ3v) is 4.84. The summed E-state index contributed by atoms with van der Waals surface area (Å²) in [5.74, 6) is 0.304. The highest BCUT2D eigenvalue weighted by Crippen LogP contribution is 2.17. The monoisotopic (exact) mass is 239 g/mol. The average Bonchev–Trinajstić information content (AvgIpc) is 2.24. The molecule has 1 saturated heterocycles. The van der Waals surface area contributed by atoms with Crippen LogP contribution in [-0.4, -0.2) is 25.0 Å². The topological polar surface area (TPSA) is 37.4 Å². The van der Waals surface area contributed by atoms with Gasteiger partial charge in [-0.1, -0.05) is 29.8 Å². The molecule has 88 valence electrons. The lowest BCUT2D eigenvalue weighted by atomic mass is 10.1. The predicted octanol–water partition coefficient (Wildman–Crippen LogP) is 1.92. The van der Waals surface area contributed by atoms with Gasteiger partial charge in [-0.3, -0.25) is 0 Å². The molecule has 0 N–H and O–H groups in total. The second-order valence-corrected chi connectivity index (χ2v) is 6.43. The number of benzene rings is 1. The fourth-order valence-corrected chi connectivity index (χ4v) is 3.50. The van der Waals surface area contributed by atoms with Crippen LogP contribution in [0, 0.1) is 6.92 Å². The van der Waals surface area contributed by atoms with Crippen molar-refractivity contribution in [2.45, 2.75) is 26.3 Å². The maximum atomic E-state index is 11.8. The molecule has 1 aromatic carbocycles. The Hall–Kier alpha value is -0.870. The highest BCUT2D eigenvalue weighted by molar-refractivity contribution is 7.89. The van der Waals surface area contributed by atoms with Crippen molar-refractivity contribution in [3.05, 3.63) is 35.4 Å². The van der Waals surface area contributed by atoms with Crippen molar-refractivity contribution in [2.75, 3.05) is 12.3 Å². The summed E-state index contributed by atoms with van der Waals surface area (Å²) in [7, 11) is -3.00. The van der Waals surface area contributed by atoms with Gasteiger partial charge in [0.1, 0.15) is 0 Å². The maximum Gasteiger partial charge on any atom is 0.214 e. The molecule has 0 atom stereocenters. The van der Waals surface area contributed by atoms with Crippen LogP contribution in [0.3, 0.4) is 0 Å². The molecule has 0 unspecified atom stereocenters. The van der Waals surface area contributed by atoms with E-state index in [0.29, 0.717) is 18.8 Å². The third kappa shape index (κ3) is 2.62. The van der Waals surface area contributed by atoms with Gasteiger partial charge in [0.2, 0.25) is 10.0 Å². The molecule has 16 heavy (non-hydrogen) atoms. The lowest BCUT2D eigenvalue weighted by Gasteiger charge is -2.26. The molecule has 0 aliphatic carbocycles. The summed E-state index contributed by atoms with van der Waals surface area (Å²) in [6, 6.07) is 8.04. The SMILES string of the molecule is Cc1ccc(CN2CCCCS2(=O)=O)cc1. The quantitative estimate of drug-likeness (QED) is 0.790. The Kier molecular flexibility index (Phi) is 3.30. The van der Waals surface area contributed by atoms with Gasteiger partial charge < -0.3 is 0 Å². The normalized spacial score (nSPS) is 20.8.